The maximum atomic E-state index is 13.2. The van der Waals surface area contributed by atoms with E-state index in [2.05, 4.69) is 20.9 Å². The second-order valence-corrected chi connectivity index (χ2v) is 9.79. The summed E-state index contributed by atoms with van der Waals surface area (Å²) in [7, 11) is 0. The molecule has 0 aliphatic heterocycles. The van der Waals surface area contributed by atoms with E-state index < -0.39 is 47.9 Å². The highest BCUT2D eigenvalue weighted by Crippen LogP contribution is 2.36. The summed E-state index contributed by atoms with van der Waals surface area (Å²) in [6, 6.07) is 3.26. The fraction of sp³-hybridized carbons (Fsp3) is 0.423. The van der Waals surface area contributed by atoms with Crippen LogP contribution in [0, 0.1) is 6.92 Å². The lowest BCUT2D eigenvalue weighted by Gasteiger charge is -2.36. The van der Waals surface area contributed by atoms with E-state index in [0.29, 0.717) is 29.5 Å². The highest BCUT2D eigenvalue weighted by molar-refractivity contribution is 5.97. The Hall–Kier alpha value is -4.55. The number of benzene rings is 1. The smallest absolute Gasteiger partial charge is 0.340 e. The van der Waals surface area contributed by atoms with E-state index >= 15 is 0 Å². The van der Waals surface area contributed by atoms with Crippen molar-refractivity contribution in [2.75, 3.05) is 5.32 Å². The highest BCUT2D eigenvalue weighted by atomic mass is 16.4. The van der Waals surface area contributed by atoms with Crippen molar-refractivity contribution in [3.05, 3.63) is 51.6 Å². The molecule has 13 heteroatoms. The number of aliphatic carboxylic acids is 2. The molecule has 4 N–H and O–H groups in total. The maximum absolute atomic E-state index is 13.2. The normalized spacial score (nSPS) is 15.4. The number of anilines is 1. The SMILES string of the molecule is CC(=O)NC1(c2cn(C(CC(=O)O)C(=O)Nc3ccc4c(C)c(CC(=O)O)c(=O)oc4c3)nn2)CCCCC1. The van der Waals surface area contributed by atoms with Crippen LogP contribution in [0.3, 0.4) is 0 Å². The van der Waals surface area contributed by atoms with Crippen molar-refractivity contribution in [2.24, 2.45) is 0 Å². The van der Waals surface area contributed by atoms with E-state index in [9.17, 15) is 29.1 Å². The Labute approximate surface area is 222 Å². The molecule has 1 atom stereocenters. The van der Waals surface area contributed by atoms with Crippen LogP contribution in [0.15, 0.2) is 33.6 Å². The van der Waals surface area contributed by atoms with Crippen LogP contribution in [0.25, 0.3) is 11.0 Å². The summed E-state index contributed by atoms with van der Waals surface area (Å²) in [6.45, 7) is 3.03. The van der Waals surface area contributed by atoms with Gasteiger partial charge in [0.2, 0.25) is 11.8 Å². The summed E-state index contributed by atoms with van der Waals surface area (Å²) in [4.78, 5) is 60.2. The standard InChI is InChI=1S/C26H29N5O8/c1-14-17-7-6-16(10-20(17)39-25(38)18(14)11-22(33)34)27-24(37)19(12-23(35)36)31-13-21(29-30-31)26(28-15(2)32)8-4-3-5-9-26/h6-7,10,13,19H,3-5,8-9,11-12H2,1-2H3,(H,27,37)(H,28,32)(H,33,34)(H,35,36). The average molecular weight is 540 g/mol. The molecule has 2 heterocycles. The van der Waals surface area contributed by atoms with Gasteiger partial charge in [-0.05, 0) is 37.5 Å². The summed E-state index contributed by atoms with van der Waals surface area (Å²) >= 11 is 0. The van der Waals surface area contributed by atoms with Gasteiger partial charge in [0, 0.05) is 24.1 Å². The molecule has 2 aromatic heterocycles. The van der Waals surface area contributed by atoms with Gasteiger partial charge in [-0.1, -0.05) is 24.5 Å². The number of carboxylic acid groups (broad SMARTS) is 2. The number of aromatic nitrogens is 3. The molecule has 1 saturated carbocycles. The number of amides is 2. The first-order chi connectivity index (χ1) is 18.5. The summed E-state index contributed by atoms with van der Waals surface area (Å²) in [5.41, 5.74) is -0.210. The molecule has 0 radical (unpaired) electrons. The number of fused-ring (bicyclic) bond motifs is 1. The number of rotatable bonds is 9. The molecule has 1 fully saturated rings. The molecule has 1 aromatic carbocycles. The summed E-state index contributed by atoms with van der Waals surface area (Å²) < 4.78 is 6.47. The Balaban J connectivity index is 1.62. The molecular formula is C26H29N5O8. The van der Waals surface area contributed by atoms with Gasteiger partial charge in [-0.3, -0.25) is 19.2 Å². The number of hydrogen-bond donors (Lipinski definition) is 4. The third-order valence-corrected chi connectivity index (χ3v) is 7.00. The van der Waals surface area contributed by atoms with Crippen LogP contribution in [-0.4, -0.2) is 49.0 Å². The molecule has 1 unspecified atom stereocenters. The lowest BCUT2D eigenvalue weighted by atomic mass is 9.79. The minimum Gasteiger partial charge on any atom is -0.481 e. The zero-order valence-electron chi connectivity index (χ0n) is 21.5. The van der Waals surface area contributed by atoms with E-state index in [0.717, 1.165) is 19.3 Å². The third kappa shape index (κ3) is 5.97. The van der Waals surface area contributed by atoms with Crippen molar-refractivity contribution in [1.82, 2.24) is 20.3 Å². The van der Waals surface area contributed by atoms with Crippen LogP contribution in [0.5, 0.6) is 0 Å². The monoisotopic (exact) mass is 539 g/mol. The first kappa shape index (κ1) is 27.5. The molecule has 13 nitrogen and oxygen atoms in total. The number of carbonyl (C=O) groups is 4. The van der Waals surface area contributed by atoms with Crippen LogP contribution >= 0.6 is 0 Å². The Bertz CT molecular complexity index is 1500. The van der Waals surface area contributed by atoms with Gasteiger partial charge in [-0.15, -0.1) is 5.10 Å². The predicted octanol–water partition coefficient (Wildman–Crippen LogP) is 2.27. The average Bonchev–Trinajstić information content (AvgIpc) is 3.36. The minimum absolute atomic E-state index is 0.0327. The molecule has 206 valence electrons. The van der Waals surface area contributed by atoms with Gasteiger partial charge in [-0.25, -0.2) is 9.48 Å². The number of hydrogen-bond acceptors (Lipinski definition) is 8. The van der Waals surface area contributed by atoms with Gasteiger partial charge < -0.3 is 25.3 Å². The van der Waals surface area contributed by atoms with Crippen LogP contribution in [-0.2, 0) is 31.1 Å². The largest absolute Gasteiger partial charge is 0.481 e. The Morgan fingerprint density at radius 1 is 1.13 bits per heavy atom. The fourth-order valence-corrected chi connectivity index (χ4v) is 5.11. The second kappa shape index (κ2) is 11.1. The van der Waals surface area contributed by atoms with Crippen molar-refractivity contribution in [3.63, 3.8) is 0 Å². The molecule has 1 aliphatic carbocycles. The van der Waals surface area contributed by atoms with Gasteiger partial charge in [0.1, 0.15) is 17.3 Å². The number of nitrogens with zero attached hydrogens (tertiary/aromatic N) is 3. The number of aryl methyl sites for hydroxylation is 1. The minimum atomic E-state index is -1.26. The second-order valence-electron chi connectivity index (χ2n) is 9.79. The van der Waals surface area contributed by atoms with Crippen LogP contribution < -0.4 is 16.3 Å². The lowest BCUT2D eigenvalue weighted by molar-refractivity contribution is -0.140. The van der Waals surface area contributed by atoms with Gasteiger partial charge >= 0.3 is 17.6 Å². The summed E-state index contributed by atoms with van der Waals surface area (Å²) in [6.07, 6.45) is 4.51. The molecule has 2 amide bonds. The topological polar surface area (TPSA) is 194 Å². The van der Waals surface area contributed by atoms with Crippen molar-refractivity contribution < 1.29 is 33.8 Å². The fourth-order valence-electron chi connectivity index (χ4n) is 5.11. The highest BCUT2D eigenvalue weighted by Gasteiger charge is 2.38. The third-order valence-electron chi connectivity index (χ3n) is 7.00. The van der Waals surface area contributed by atoms with Crippen LogP contribution in [0.2, 0.25) is 0 Å². The molecule has 0 saturated heterocycles. The van der Waals surface area contributed by atoms with Crippen molar-refractivity contribution >= 4 is 40.4 Å². The molecular weight excluding hydrogens is 510 g/mol. The van der Waals surface area contributed by atoms with E-state index in [4.69, 9.17) is 9.52 Å². The maximum Gasteiger partial charge on any atom is 0.340 e. The molecule has 0 bridgehead atoms. The Kier molecular flexibility index (Phi) is 7.79. The van der Waals surface area contributed by atoms with E-state index in [-0.39, 0.29) is 22.7 Å². The van der Waals surface area contributed by atoms with Gasteiger partial charge in [0.05, 0.1) is 30.1 Å². The zero-order valence-corrected chi connectivity index (χ0v) is 21.5. The summed E-state index contributed by atoms with van der Waals surface area (Å²) in [5.74, 6) is -3.31. The molecule has 0 spiro atoms. The molecule has 1 aliphatic rings. The van der Waals surface area contributed by atoms with Crippen molar-refractivity contribution in [2.45, 2.75) is 70.4 Å². The zero-order chi connectivity index (χ0) is 28.3. The molecule has 39 heavy (non-hydrogen) atoms. The number of carbonyl (C=O) groups excluding carboxylic acids is 2. The predicted molar refractivity (Wildman–Crippen MR) is 137 cm³/mol. The van der Waals surface area contributed by atoms with E-state index in [1.807, 2.05) is 0 Å². The van der Waals surface area contributed by atoms with Crippen molar-refractivity contribution in [3.8, 4) is 0 Å². The van der Waals surface area contributed by atoms with Crippen LogP contribution in [0.1, 0.15) is 68.3 Å². The quantitative estimate of drug-likeness (QED) is 0.293. The van der Waals surface area contributed by atoms with E-state index in [1.54, 1.807) is 13.0 Å². The van der Waals surface area contributed by atoms with Gasteiger partial charge in [0.15, 0.2) is 0 Å². The summed E-state index contributed by atoms with van der Waals surface area (Å²) in [5, 5.41) is 32.9. The number of carboxylic acids is 2. The first-order valence-electron chi connectivity index (χ1n) is 12.5. The molecule has 3 aromatic rings. The lowest BCUT2D eigenvalue weighted by Crippen LogP contribution is -2.46. The van der Waals surface area contributed by atoms with Crippen LogP contribution in [0.4, 0.5) is 5.69 Å². The van der Waals surface area contributed by atoms with E-state index in [1.165, 1.54) is 29.9 Å². The van der Waals surface area contributed by atoms with Gasteiger partial charge in [0.25, 0.3) is 0 Å². The Morgan fingerprint density at radius 3 is 2.49 bits per heavy atom. The first-order valence-corrected chi connectivity index (χ1v) is 12.5. The van der Waals surface area contributed by atoms with Crippen molar-refractivity contribution in [1.29, 1.82) is 0 Å². The Morgan fingerprint density at radius 2 is 1.85 bits per heavy atom. The molecule has 4 rings (SSSR count). The number of nitrogens with one attached hydrogen (secondary N) is 2. The van der Waals surface area contributed by atoms with Gasteiger partial charge in [-0.2, -0.15) is 0 Å².